The number of benzene rings is 3. The van der Waals surface area contributed by atoms with Crippen molar-refractivity contribution < 1.29 is 24.4 Å². The van der Waals surface area contributed by atoms with Crippen molar-refractivity contribution in [3.05, 3.63) is 99.7 Å². The number of amides is 2. The Morgan fingerprint density at radius 1 is 1.05 bits per heavy atom. The smallest absolute Gasteiger partial charge is 0.293 e. The van der Waals surface area contributed by atoms with Crippen LogP contribution in [0.2, 0.25) is 0 Å². The monoisotopic (exact) mass is 572 g/mol. The average molecular weight is 573 g/mol. The van der Waals surface area contributed by atoms with Crippen LogP contribution in [0.5, 0.6) is 11.5 Å². The van der Waals surface area contributed by atoms with Gasteiger partial charge in [0.1, 0.15) is 23.2 Å². The molecule has 1 aliphatic rings. The van der Waals surface area contributed by atoms with Crippen LogP contribution in [-0.2, 0) is 11.3 Å². The van der Waals surface area contributed by atoms with E-state index in [2.05, 4.69) is 0 Å². The quantitative estimate of drug-likeness (QED) is 0.246. The Bertz CT molecular complexity index is 1480. The molecule has 4 rings (SSSR count). The minimum atomic E-state index is -0.757. The first kappa shape index (κ1) is 30.1. The fourth-order valence-electron chi connectivity index (χ4n) is 5.16. The van der Waals surface area contributed by atoms with E-state index in [1.54, 1.807) is 76.5 Å². The Morgan fingerprint density at radius 2 is 1.69 bits per heavy atom. The molecular weight excluding hydrogens is 536 g/mol. The molecule has 0 aliphatic carbocycles. The van der Waals surface area contributed by atoms with Gasteiger partial charge in [0.25, 0.3) is 17.5 Å². The number of carbonyl (C=O) groups excluding carboxylic acids is 2. The van der Waals surface area contributed by atoms with Gasteiger partial charge < -0.3 is 24.5 Å². The lowest BCUT2D eigenvalue weighted by Gasteiger charge is -2.42. The van der Waals surface area contributed by atoms with E-state index in [4.69, 9.17) is 4.74 Å². The molecule has 3 aromatic carbocycles. The number of carbonyl (C=O) groups is 2. The Labute approximate surface area is 245 Å². The summed E-state index contributed by atoms with van der Waals surface area (Å²) in [5.41, 5.74) is 2.24. The highest BCUT2D eigenvalue weighted by molar-refractivity contribution is 5.99. The number of anilines is 1. The highest BCUT2D eigenvalue weighted by Crippen LogP contribution is 2.39. The average Bonchev–Trinajstić information content (AvgIpc) is 2.99. The first-order chi connectivity index (χ1) is 20.1. The van der Waals surface area contributed by atoms with E-state index in [1.165, 1.54) is 6.07 Å². The molecule has 1 N–H and O–H groups in total. The lowest BCUT2D eigenvalue weighted by Crippen LogP contribution is -2.53. The predicted molar refractivity (Wildman–Crippen MR) is 161 cm³/mol. The zero-order valence-corrected chi connectivity index (χ0v) is 24.5. The first-order valence-corrected chi connectivity index (χ1v) is 13.9. The SMILES string of the molecule is CCN(CC)C(=O)c1ccc(N2C=C(c3ccc(OC)cc3)N(Cc3ccc(O)cc3)C(=O)[C@H]2C(C)C)c([N+](=O)[O-])c1. The minimum absolute atomic E-state index is 0.121. The molecular formula is C32H36N4O6. The second-order valence-corrected chi connectivity index (χ2v) is 10.4. The second-order valence-electron chi connectivity index (χ2n) is 10.4. The number of nitrogens with zero attached hydrogens (tertiary/aromatic N) is 4. The van der Waals surface area contributed by atoms with Gasteiger partial charge in [-0.05, 0) is 73.9 Å². The van der Waals surface area contributed by atoms with Crippen LogP contribution in [0.4, 0.5) is 11.4 Å². The molecule has 3 aromatic rings. The molecule has 0 unspecified atom stereocenters. The van der Waals surface area contributed by atoms with Crippen molar-refractivity contribution in [2.24, 2.45) is 5.92 Å². The molecule has 0 fully saturated rings. The third-order valence-corrected chi connectivity index (χ3v) is 7.41. The van der Waals surface area contributed by atoms with E-state index in [0.717, 1.165) is 5.56 Å². The molecule has 1 heterocycles. The molecule has 0 spiro atoms. The number of methoxy groups -OCH3 is 1. The van der Waals surface area contributed by atoms with Crippen LogP contribution in [0.15, 0.2) is 72.9 Å². The summed E-state index contributed by atoms with van der Waals surface area (Å²) in [4.78, 5) is 44.1. The standard InChI is InChI=1S/C32H36N4O6/c1-6-33(7-2)31(38)24-12-17-27(28(18-24)36(40)41)34-20-29(23-10-15-26(42-5)16-11-23)35(32(39)30(34)21(3)4)19-22-8-13-25(37)14-9-22/h8-18,20-21,30,37H,6-7,19H2,1-5H3/t30-/m1/s1. The minimum Gasteiger partial charge on any atom is -0.508 e. The maximum Gasteiger partial charge on any atom is 0.293 e. The molecule has 1 atom stereocenters. The van der Waals surface area contributed by atoms with Gasteiger partial charge in [-0.1, -0.05) is 26.0 Å². The largest absolute Gasteiger partial charge is 0.508 e. The maximum atomic E-state index is 14.3. The number of ether oxygens (including phenoxy) is 1. The molecule has 42 heavy (non-hydrogen) atoms. The number of nitro benzene ring substituents is 1. The molecule has 0 aromatic heterocycles. The van der Waals surface area contributed by atoms with Gasteiger partial charge in [-0.2, -0.15) is 0 Å². The number of rotatable bonds is 10. The zero-order valence-electron chi connectivity index (χ0n) is 24.5. The number of hydrogen-bond donors (Lipinski definition) is 1. The summed E-state index contributed by atoms with van der Waals surface area (Å²) >= 11 is 0. The number of aromatic hydroxyl groups is 1. The number of hydrogen-bond acceptors (Lipinski definition) is 7. The van der Waals surface area contributed by atoms with Crippen molar-refractivity contribution in [1.29, 1.82) is 0 Å². The van der Waals surface area contributed by atoms with Crippen molar-refractivity contribution in [2.75, 3.05) is 25.1 Å². The summed E-state index contributed by atoms with van der Waals surface area (Å²) in [5.74, 6) is 0.0251. The second kappa shape index (κ2) is 12.8. The van der Waals surface area contributed by atoms with Crippen LogP contribution in [-0.4, -0.2) is 57.9 Å². The number of phenols is 1. The lowest BCUT2D eigenvalue weighted by molar-refractivity contribution is -0.384. The van der Waals surface area contributed by atoms with Crippen LogP contribution in [0.1, 0.15) is 49.2 Å². The van der Waals surface area contributed by atoms with E-state index >= 15 is 0 Å². The molecule has 0 saturated heterocycles. The normalized spacial score (nSPS) is 15.0. The fraction of sp³-hybridized carbons (Fsp3) is 0.312. The van der Waals surface area contributed by atoms with Gasteiger partial charge in [0, 0.05) is 36.5 Å². The Balaban J connectivity index is 1.89. The zero-order chi connectivity index (χ0) is 30.6. The molecule has 10 nitrogen and oxygen atoms in total. The Hall–Kier alpha value is -4.86. The molecule has 0 radical (unpaired) electrons. The Morgan fingerprint density at radius 3 is 2.24 bits per heavy atom. The molecule has 0 bridgehead atoms. The van der Waals surface area contributed by atoms with Crippen molar-refractivity contribution in [1.82, 2.24) is 9.80 Å². The summed E-state index contributed by atoms with van der Waals surface area (Å²) in [7, 11) is 1.57. The van der Waals surface area contributed by atoms with E-state index in [1.807, 2.05) is 39.8 Å². The molecule has 0 saturated carbocycles. The van der Waals surface area contributed by atoms with Gasteiger partial charge in [0.05, 0.1) is 24.3 Å². The predicted octanol–water partition coefficient (Wildman–Crippen LogP) is 5.66. The van der Waals surface area contributed by atoms with Crippen LogP contribution in [0.25, 0.3) is 5.70 Å². The third kappa shape index (κ3) is 6.07. The van der Waals surface area contributed by atoms with Gasteiger partial charge in [-0.25, -0.2) is 0 Å². The van der Waals surface area contributed by atoms with Crippen molar-refractivity contribution in [2.45, 2.75) is 40.3 Å². The molecule has 10 heteroatoms. The van der Waals surface area contributed by atoms with Crippen molar-refractivity contribution >= 4 is 28.9 Å². The van der Waals surface area contributed by atoms with E-state index < -0.39 is 11.0 Å². The Kier molecular flexibility index (Phi) is 9.15. The highest BCUT2D eigenvalue weighted by Gasteiger charge is 2.40. The topological polar surface area (TPSA) is 116 Å². The third-order valence-electron chi connectivity index (χ3n) is 7.41. The van der Waals surface area contributed by atoms with E-state index in [-0.39, 0.29) is 47.0 Å². The fourth-order valence-corrected chi connectivity index (χ4v) is 5.16. The van der Waals surface area contributed by atoms with Crippen molar-refractivity contribution in [3.63, 3.8) is 0 Å². The van der Waals surface area contributed by atoms with E-state index in [9.17, 15) is 24.8 Å². The van der Waals surface area contributed by atoms with Gasteiger partial charge >= 0.3 is 0 Å². The van der Waals surface area contributed by atoms with Crippen LogP contribution < -0.4 is 9.64 Å². The van der Waals surface area contributed by atoms with Crippen LogP contribution in [0.3, 0.4) is 0 Å². The van der Waals surface area contributed by atoms with Crippen LogP contribution in [0, 0.1) is 16.0 Å². The molecule has 220 valence electrons. The molecule has 1 aliphatic heterocycles. The van der Waals surface area contributed by atoms with Gasteiger partial charge in [0.2, 0.25) is 0 Å². The highest BCUT2D eigenvalue weighted by atomic mass is 16.6. The molecule has 2 amide bonds. The van der Waals surface area contributed by atoms with Gasteiger partial charge in [0.15, 0.2) is 0 Å². The lowest BCUT2D eigenvalue weighted by atomic mass is 9.95. The summed E-state index contributed by atoms with van der Waals surface area (Å²) in [5, 5.41) is 22.1. The summed E-state index contributed by atoms with van der Waals surface area (Å²) < 4.78 is 5.32. The van der Waals surface area contributed by atoms with Gasteiger partial charge in [-0.15, -0.1) is 0 Å². The first-order valence-electron chi connectivity index (χ1n) is 13.9. The van der Waals surface area contributed by atoms with Crippen LogP contribution >= 0.6 is 0 Å². The number of nitro groups is 1. The summed E-state index contributed by atoms with van der Waals surface area (Å²) in [6.07, 6.45) is 1.77. The summed E-state index contributed by atoms with van der Waals surface area (Å²) in [6.45, 7) is 8.68. The van der Waals surface area contributed by atoms with Crippen molar-refractivity contribution in [3.8, 4) is 11.5 Å². The number of phenolic OH excluding ortho intramolecular Hbond substituents is 1. The van der Waals surface area contributed by atoms with E-state index in [0.29, 0.717) is 30.1 Å². The van der Waals surface area contributed by atoms with Gasteiger partial charge in [-0.3, -0.25) is 19.7 Å². The summed E-state index contributed by atoms with van der Waals surface area (Å²) in [6, 6.07) is 17.5. The maximum absolute atomic E-state index is 14.3.